The lowest BCUT2D eigenvalue weighted by atomic mass is 10.2. The van der Waals surface area contributed by atoms with Gasteiger partial charge in [0, 0.05) is 13.6 Å². The molecule has 0 aliphatic heterocycles. The molecule has 108 valence electrons. The molecule has 1 heterocycles. The Morgan fingerprint density at radius 3 is 2.63 bits per heavy atom. The lowest BCUT2D eigenvalue weighted by Crippen LogP contribution is -2.23. The normalized spacial score (nSPS) is 11.5. The van der Waals surface area contributed by atoms with Gasteiger partial charge in [-0.3, -0.25) is 10.1 Å². The Kier molecular flexibility index (Phi) is 4.84. The van der Waals surface area contributed by atoms with E-state index in [0.29, 0.717) is 12.1 Å². The molecule has 9 nitrogen and oxygen atoms in total. The molecule has 1 rings (SSSR count). The Labute approximate surface area is 111 Å². The molecular weight excluding hydrogens is 274 g/mol. The average molecular weight is 291 g/mol. The first-order valence-electron chi connectivity index (χ1n) is 5.71. The Hall–Kier alpha value is -1.68. The van der Waals surface area contributed by atoms with Gasteiger partial charge < -0.3 is 5.32 Å². The average Bonchev–Trinajstić information content (AvgIpc) is 2.54. The second kappa shape index (κ2) is 5.97. The predicted octanol–water partition coefficient (Wildman–Crippen LogP) is -0.0188. The van der Waals surface area contributed by atoms with E-state index in [-0.39, 0.29) is 23.8 Å². The number of rotatable bonds is 7. The molecular formula is C9H17N5O4S. The van der Waals surface area contributed by atoms with Crippen LogP contribution in [0.4, 0.5) is 11.5 Å². The molecule has 1 aromatic heterocycles. The summed E-state index contributed by atoms with van der Waals surface area (Å²) in [4.78, 5) is 10.5. The Bertz CT molecular complexity index is 565. The van der Waals surface area contributed by atoms with E-state index in [9.17, 15) is 18.5 Å². The lowest BCUT2D eigenvalue weighted by Gasteiger charge is -2.04. The van der Waals surface area contributed by atoms with Crippen LogP contribution < -0.4 is 10.5 Å². The Morgan fingerprint density at radius 2 is 2.16 bits per heavy atom. The predicted molar refractivity (Wildman–Crippen MR) is 70.3 cm³/mol. The fourth-order valence-electron chi connectivity index (χ4n) is 1.68. The molecule has 0 aromatic carbocycles. The third-order valence-electron chi connectivity index (χ3n) is 2.44. The summed E-state index contributed by atoms with van der Waals surface area (Å²) in [7, 11) is -2.04. The maximum atomic E-state index is 11.1. The highest BCUT2D eigenvalue weighted by Crippen LogP contribution is 2.28. The number of nitrogens with two attached hydrogens (primary N) is 1. The summed E-state index contributed by atoms with van der Waals surface area (Å²) in [6.07, 6.45) is 1.22. The SMILES string of the molecule is CCCc1nn(C)c(NCCS(N)(=O)=O)c1[N+](=O)[O-]. The maximum absolute atomic E-state index is 11.1. The Morgan fingerprint density at radius 1 is 1.53 bits per heavy atom. The highest BCUT2D eigenvalue weighted by molar-refractivity contribution is 7.89. The maximum Gasteiger partial charge on any atom is 0.333 e. The van der Waals surface area contributed by atoms with Crippen molar-refractivity contribution < 1.29 is 13.3 Å². The van der Waals surface area contributed by atoms with Crippen LogP contribution in [0.25, 0.3) is 0 Å². The summed E-state index contributed by atoms with van der Waals surface area (Å²) >= 11 is 0. The zero-order valence-electron chi connectivity index (χ0n) is 10.8. The molecule has 0 bridgehead atoms. The molecule has 10 heteroatoms. The van der Waals surface area contributed by atoms with Gasteiger partial charge in [-0.15, -0.1) is 0 Å². The van der Waals surface area contributed by atoms with Crippen LogP contribution in [0, 0.1) is 10.1 Å². The van der Waals surface area contributed by atoms with Crippen molar-refractivity contribution >= 4 is 21.5 Å². The van der Waals surface area contributed by atoms with Gasteiger partial charge in [-0.05, 0) is 6.42 Å². The minimum atomic E-state index is -3.61. The van der Waals surface area contributed by atoms with Crippen LogP contribution in [0.1, 0.15) is 19.0 Å². The summed E-state index contributed by atoms with van der Waals surface area (Å²) < 4.78 is 23.0. The van der Waals surface area contributed by atoms with Gasteiger partial charge in [0.2, 0.25) is 15.8 Å². The van der Waals surface area contributed by atoms with Crippen molar-refractivity contribution in [3.63, 3.8) is 0 Å². The molecule has 0 saturated heterocycles. The van der Waals surface area contributed by atoms with Crippen LogP contribution >= 0.6 is 0 Å². The van der Waals surface area contributed by atoms with Gasteiger partial charge in [-0.2, -0.15) is 5.10 Å². The molecule has 0 aliphatic rings. The van der Waals surface area contributed by atoms with E-state index >= 15 is 0 Å². The first-order chi connectivity index (χ1) is 8.76. The molecule has 1 aromatic rings. The second-order valence-electron chi connectivity index (χ2n) is 4.07. The van der Waals surface area contributed by atoms with Gasteiger partial charge in [0.1, 0.15) is 5.69 Å². The molecule has 0 unspecified atom stereocenters. The number of aromatic nitrogens is 2. The van der Waals surface area contributed by atoms with E-state index in [1.165, 1.54) is 4.68 Å². The summed E-state index contributed by atoms with van der Waals surface area (Å²) in [6.45, 7) is 1.89. The number of hydrogen-bond donors (Lipinski definition) is 2. The largest absolute Gasteiger partial charge is 0.363 e. The van der Waals surface area contributed by atoms with Crippen molar-refractivity contribution in [3.8, 4) is 0 Å². The molecule has 0 fully saturated rings. The highest BCUT2D eigenvalue weighted by Gasteiger charge is 2.25. The van der Waals surface area contributed by atoms with E-state index in [0.717, 1.165) is 6.42 Å². The van der Waals surface area contributed by atoms with Crippen molar-refractivity contribution in [3.05, 3.63) is 15.8 Å². The standard InChI is InChI=1S/C9H17N5O4S/c1-3-4-7-8(14(15)16)9(13(2)12-7)11-5-6-19(10,17)18/h11H,3-6H2,1-2H3,(H2,10,17,18). The summed E-state index contributed by atoms with van der Waals surface area (Å²) in [5, 5.41) is 22.7. The van der Waals surface area contributed by atoms with Crippen molar-refractivity contribution in [1.29, 1.82) is 0 Å². The van der Waals surface area contributed by atoms with Gasteiger partial charge in [0.05, 0.1) is 10.7 Å². The lowest BCUT2D eigenvalue weighted by molar-refractivity contribution is -0.384. The fraction of sp³-hybridized carbons (Fsp3) is 0.667. The summed E-state index contributed by atoms with van der Waals surface area (Å²) in [6, 6.07) is 0. The van der Waals surface area contributed by atoms with Crippen LogP contribution in [0.15, 0.2) is 0 Å². The first kappa shape index (κ1) is 15.4. The van der Waals surface area contributed by atoms with E-state index in [1.54, 1.807) is 7.05 Å². The van der Waals surface area contributed by atoms with Gasteiger partial charge in [0.15, 0.2) is 0 Å². The van der Waals surface area contributed by atoms with Gasteiger partial charge in [-0.1, -0.05) is 13.3 Å². The first-order valence-corrected chi connectivity index (χ1v) is 7.42. The van der Waals surface area contributed by atoms with E-state index in [1.807, 2.05) is 6.92 Å². The van der Waals surface area contributed by atoms with Crippen molar-refractivity contribution in [2.75, 3.05) is 17.6 Å². The van der Waals surface area contributed by atoms with Gasteiger partial charge in [0.25, 0.3) is 0 Å². The Balaban J connectivity index is 2.96. The number of primary sulfonamides is 1. The zero-order chi connectivity index (χ0) is 14.6. The molecule has 0 saturated carbocycles. The number of aryl methyl sites for hydroxylation is 2. The monoisotopic (exact) mass is 291 g/mol. The molecule has 3 N–H and O–H groups in total. The zero-order valence-corrected chi connectivity index (χ0v) is 11.6. The quantitative estimate of drug-likeness (QED) is 0.535. The summed E-state index contributed by atoms with van der Waals surface area (Å²) in [5.74, 6) is -0.115. The second-order valence-corrected chi connectivity index (χ2v) is 5.80. The minimum Gasteiger partial charge on any atom is -0.363 e. The number of sulfonamides is 1. The minimum absolute atomic E-state index is 0.00916. The third-order valence-corrected chi connectivity index (χ3v) is 3.21. The van der Waals surface area contributed by atoms with Crippen molar-refractivity contribution in [2.45, 2.75) is 19.8 Å². The van der Waals surface area contributed by atoms with Crippen molar-refractivity contribution in [1.82, 2.24) is 9.78 Å². The fourth-order valence-corrected chi connectivity index (χ4v) is 2.06. The van der Waals surface area contributed by atoms with Crippen LogP contribution in [0.5, 0.6) is 0 Å². The van der Waals surface area contributed by atoms with Crippen LogP contribution in [-0.4, -0.2) is 35.4 Å². The smallest absolute Gasteiger partial charge is 0.333 e. The number of nitro groups is 1. The van der Waals surface area contributed by atoms with E-state index < -0.39 is 14.9 Å². The number of nitrogens with one attached hydrogen (secondary N) is 1. The van der Waals surface area contributed by atoms with Gasteiger partial charge >= 0.3 is 5.69 Å². The molecule has 0 aliphatic carbocycles. The summed E-state index contributed by atoms with van der Waals surface area (Å²) in [5.41, 5.74) is 0.270. The van der Waals surface area contributed by atoms with Crippen LogP contribution in [-0.2, 0) is 23.5 Å². The molecule has 19 heavy (non-hydrogen) atoms. The van der Waals surface area contributed by atoms with Crippen molar-refractivity contribution in [2.24, 2.45) is 12.2 Å². The number of hydrogen-bond acceptors (Lipinski definition) is 6. The van der Waals surface area contributed by atoms with E-state index in [4.69, 9.17) is 5.14 Å². The molecule has 0 radical (unpaired) electrons. The molecule has 0 amide bonds. The topological polar surface area (TPSA) is 133 Å². The number of nitrogens with zero attached hydrogens (tertiary/aromatic N) is 3. The number of anilines is 1. The van der Waals surface area contributed by atoms with Crippen LogP contribution in [0.3, 0.4) is 0 Å². The van der Waals surface area contributed by atoms with E-state index in [2.05, 4.69) is 10.4 Å². The molecule has 0 atom stereocenters. The van der Waals surface area contributed by atoms with Crippen LogP contribution in [0.2, 0.25) is 0 Å². The third kappa shape index (κ3) is 4.17. The highest BCUT2D eigenvalue weighted by atomic mass is 32.2. The molecule has 0 spiro atoms. The van der Waals surface area contributed by atoms with Gasteiger partial charge in [-0.25, -0.2) is 18.2 Å².